The number of rotatable bonds is 4. The van der Waals surface area contributed by atoms with Crippen LogP contribution in [0, 0.1) is 40.9 Å². The van der Waals surface area contributed by atoms with Gasteiger partial charge in [0.25, 0.3) is 0 Å². The highest BCUT2D eigenvalue weighted by Crippen LogP contribution is 2.59. The highest BCUT2D eigenvalue weighted by Gasteiger charge is 2.50. The van der Waals surface area contributed by atoms with Crippen LogP contribution in [0.3, 0.4) is 0 Å². The summed E-state index contributed by atoms with van der Waals surface area (Å²) in [6.45, 7) is 12.6. The van der Waals surface area contributed by atoms with Gasteiger partial charge < -0.3 is 15.3 Å². The Balaban J connectivity index is 1.76. The predicted molar refractivity (Wildman–Crippen MR) is 127 cm³/mol. The van der Waals surface area contributed by atoms with Crippen LogP contribution >= 0.6 is 0 Å². The Morgan fingerprint density at radius 2 is 2.03 bits per heavy atom. The molecule has 6 atom stereocenters. The van der Waals surface area contributed by atoms with Gasteiger partial charge in [-0.15, -0.1) is 5.92 Å². The molecule has 0 spiro atoms. The monoisotopic (exact) mass is 426 g/mol. The molecule has 0 bridgehead atoms. The molecule has 0 amide bonds. The van der Waals surface area contributed by atoms with Gasteiger partial charge in [-0.1, -0.05) is 44.1 Å². The summed E-state index contributed by atoms with van der Waals surface area (Å²) < 4.78 is 0. The lowest BCUT2D eigenvalue weighted by molar-refractivity contribution is 0.0990. The fourth-order valence-electron chi connectivity index (χ4n) is 6.55. The van der Waals surface area contributed by atoms with E-state index in [0.717, 1.165) is 24.0 Å². The normalized spacial score (nSPS) is 37.5. The number of allylic oxidation sites excluding steroid dienone is 3. The van der Waals surface area contributed by atoms with Crippen LogP contribution < -0.4 is 0 Å². The third-order valence-electron chi connectivity index (χ3n) is 8.18. The molecule has 0 radical (unpaired) electrons. The molecule has 0 aliphatic heterocycles. The SMILES string of the molecule is C=C1/C(=C/C=C2\CCC[C@]3(C)[C@@H]([C@H](C)CC#CC(C)(C)O)CC[C@@H]23)C[C@H](O)C[C@H]1CO. The number of aliphatic hydroxyl groups excluding tert-OH is 2. The van der Waals surface area contributed by atoms with E-state index in [0.29, 0.717) is 36.0 Å². The summed E-state index contributed by atoms with van der Waals surface area (Å²) in [7, 11) is 0. The lowest BCUT2D eigenvalue weighted by Crippen LogP contribution is -2.36. The van der Waals surface area contributed by atoms with E-state index >= 15 is 0 Å². The van der Waals surface area contributed by atoms with E-state index in [1.54, 1.807) is 19.4 Å². The van der Waals surface area contributed by atoms with Gasteiger partial charge in [0.2, 0.25) is 0 Å². The fraction of sp³-hybridized carbons (Fsp3) is 0.714. The third-order valence-corrected chi connectivity index (χ3v) is 8.18. The van der Waals surface area contributed by atoms with E-state index in [-0.39, 0.29) is 18.6 Å². The molecule has 172 valence electrons. The first kappa shape index (κ1) is 24.3. The van der Waals surface area contributed by atoms with Crippen molar-refractivity contribution in [2.24, 2.45) is 29.1 Å². The smallest absolute Gasteiger partial charge is 0.119 e. The number of hydrogen-bond acceptors (Lipinski definition) is 3. The van der Waals surface area contributed by atoms with Crippen molar-refractivity contribution in [2.75, 3.05) is 6.61 Å². The van der Waals surface area contributed by atoms with Crippen LogP contribution in [0.4, 0.5) is 0 Å². The van der Waals surface area contributed by atoms with Crippen LogP contribution in [0.15, 0.2) is 35.5 Å². The Hall–Kier alpha value is -1.34. The second-order valence-electron chi connectivity index (χ2n) is 11.1. The van der Waals surface area contributed by atoms with Crippen molar-refractivity contribution in [1.29, 1.82) is 0 Å². The molecule has 0 unspecified atom stereocenters. The van der Waals surface area contributed by atoms with Gasteiger partial charge in [0.05, 0.1) is 12.7 Å². The second kappa shape index (κ2) is 9.65. The van der Waals surface area contributed by atoms with Gasteiger partial charge in [0.1, 0.15) is 5.60 Å². The molecular formula is C28H42O3. The van der Waals surface area contributed by atoms with Crippen molar-refractivity contribution in [2.45, 2.75) is 90.8 Å². The predicted octanol–water partition coefficient (Wildman–Crippen LogP) is 5.18. The Morgan fingerprint density at radius 1 is 1.29 bits per heavy atom. The molecule has 3 heteroatoms. The Bertz CT molecular complexity index is 787. The minimum absolute atomic E-state index is 0.0215. The Morgan fingerprint density at radius 3 is 2.71 bits per heavy atom. The summed E-state index contributed by atoms with van der Waals surface area (Å²) in [4.78, 5) is 0. The van der Waals surface area contributed by atoms with Crippen molar-refractivity contribution in [1.82, 2.24) is 0 Å². The van der Waals surface area contributed by atoms with Crippen molar-refractivity contribution in [3.63, 3.8) is 0 Å². The molecule has 31 heavy (non-hydrogen) atoms. The molecule has 3 saturated carbocycles. The maximum atomic E-state index is 10.2. The van der Waals surface area contributed by atoms with Crippen molar-refractivity contribution < 1.29 is 15.3 Å². The van der Waals surface area contributed by atoms with Crippen LogP contribution in [-0.4, -0.2) is 33.6 Å². The first-order valence-corrected chi connectivity index (χ1v) is 12.1. The molecule has 3 aliphatic carbocycles. The summed E-state index contributed by atoms with van der Waals surface area (Å²) in [6, 6.07) is 0. The molecule has 0 aromatic carbocycles. The molecule has 0 heterocycles. The van der Waals surface area contributed by atoms with Gasteiger partial charge in [-0.25, -0.2) is 0 Å². The first-order valence-electron chi connectivity index (χ1n) is 12.1. The topological polar surface area (TPSA) is 60.7 Å². The van der Waals surface area contributed by atoms with Crippen LogP contribution in [-0.2, 0) is 0 Å². The zero-order chi connectivity index (χ0) is 22.8. The summed E-state index contributed by atoms with van der Waals surface area (Å²) in [5.74, 6) is 8.00. The largest absolute Gasteiger partial charge is 0.396 e. The molecule has 0 saturated heterocycles. The van der Waals surface area contributed by atoms with Gasteiger partial charge in [-0.2, -0.15) is 0 Å². The number of fused-ring (bicyclic) bond motifs is 1. The van der Waals surface area contributed by atoms with Gasteiger partial charge in [0, 0.05) is 12.3 Å². The Kier molecular flexibility index (Phi) is 7.57. The van der Waals surface area contributed by atoms with Crippen LogP contribution in [0.25, 0.3) is 0 Å². The number of hydrogen-bond donors (Lipinski definition) is 3. The maximum Gasteiger partial charge on any atom is 0.119 e. The first-order chi connectivity index (χ1) is 14.5. The lowest BCUT2D eigenvalue weighted by Gasteiger charge is -2.44. The van der Waals surface area contributed by atoms with Crippen molar-refractivity contribution >= 4 is 0 Å². The average molecular weight is 427 g/mol. The lowest BCUT2D eigenvalue weighted by atomic mass is 9.61. The molecular weight excluding hydrogens is 384 g/mol. The molecule has 3 N–H and O–H groups in total. The molecule has 3 nitrogen and oxygen atoms in total. The van der Waals surface area contributed by atoms with Gasteiger partial charge in [0.15, 0.2) is 0 Å². The Labute approximate surface area is 189 Å². The molecule has 3 aliphatic rings. The van der Waals surface area contributed by atoms with E-state index in [2.05, 4.69) is 44.4 Å². The standard InChI is InChI=1S/C28H42O3/c1-19(8-6-14-27(3,4)31)25-12-13-26-21(9-7-15-28(25,26)5)10-11-22-16-24(30)17-23(18-29)20(22)2/h10-11,19,23-26,29-31H,2,7-9,12-13,15-18H2,1,3-5H3/b21-10+,22-11+/t19-,23+,24+,25-,26+,28-/m1/s1. The molecule has 0 aromatic rings. The van der Waals surface area contributed by atoms with E-state index in [1.807, 2.05) is 0 Å². The zero-order valence-corrected chi connectivity index (χ0v) is 20.0. The molecule has 0 aromatic heterocycles. The summed E-state index contributed by atoms with van der Waals surface area (Å²) in [5, 5.41) is 29.7. The summed E-state index contributed by atoms with van der Waals surface area (Å²) >= 11 is 0. The van der Waals surface area contributed by atoms with Crippen LogP contribution in [0.2, 0.25) is 0 Å². The van der Waals surface area contributed by atoms with Crippen LogP contribution in [0.1, 0.15) is 79.1 Å². The quantitative estimate of drug-likeness (QED) is 0.543. The average Bonchev–Trinajstić information content (AvgIpc) is 3.04. The highest BCUT2D eigenvalue weighted by atomic mass is 16.3. The minimum Gasteiger partial charge on any atom is -0.396 e. The summed E-state index contributed by atoms with van der Waals surface area (Å²) in [5.41, 5.74) is 3.04. The molecule has 3 fully saturated rings. The van der Waals surface area contributed by atoms with Crippen molar-refractivity contribution in [3.8, 4) is 11.8 Å². The van der Waals surface area contributed by atoms with E-state index in [1.165, 1.54) is 25.7 Å². The minimum atomic E-state index is -0.915. The highest BCUT2D eigenvalue weighted by molar-refractivity contribution is 5.38. The van der Waals surface area contributed by atoms with E-state index < -0.39 is 5.60 Å². The molecule has 3 rings (SSSR count). The van der Waals surface area contributed by atoms with Gasteiger partial charge >= 0.3 is 0 Å². The van der Waals surface area contributed by atoms with Gasteiger partial charge in [-0.3, -0.25) is 0 Å². The second-order valence-corrected chi connectivity index (χ2v) is 11.1. The zero-order valence-electron chi connectivity index (χ0n) is 20.0. The summed E-state index contributed by atoms with van der Waals surface area (Å²) in [6.07, 6.45) is 12.4. The maximum absolute atomic E-state index is 10.2. The van der Waals surface area contributed by atoms with E-state index in [9.17, 15) is 15.3 Å². The third kappa shape index (κ3) is 5.54. The van der Waals surface area contributed by atoms with Crippen LogP contribution in [0.5, 0.6) is 0 Å². The van der Waals surface area contributed by atoms with Gasteiger partial charge in [-0.05, 0) is 93.1 Å². The van der Waals surface area contributed by atoms with E-state index in [4.69, 9.17) is 0 Å². The van der Waals surface area contributed by atoms with Crippen molar-refractivity contribution in [3.05, 3.63) is 35.5 Å². The number of aliphatic hydroxyl groups is 3. The fourth-order valence-corrected chi connectivity index (χ4v) is 6.55.